The number of carbonyl (C=O) groups is 1. The molecule has 1 unspecified atom stereocenters. The van der Waals surface area contributed by atoms with Gasteiger partial charge in [0.25, 0.3) is 0 Å². The first-order chi connectivity index (χ1) is 6.70. The Bertz CT molecular complexity index is 192. The van der Waals surface area contributed by atoms with E-state index < -0.39 is 0 Å². The van der Waals surface area contributed by atoms with Crippen LogP contribution >= 0.6 is 15.9 Å². The summed E-state index contributed by atoms with van der Waals surface area (Å²) in [4.78, 5) is 14.0. The highest BCUT2D eigenvalue weighted by Crippen LogP contribution is 2.37. The summed E-state index contributed by atoms with van der Waals surface area (Å²) in [5.41, 5.74) is 0. The zero-order valence-electron chi connectivity index (χ0n) is 9.13. The molecule has 0 saturated heterocycles. The van der Waals surface area contributed by atoms with Gasteiger partial charge in [0, 0.05) is 24.3 Å². The fourth-order valence-electron chi connectivity index (χ4n) is 1.76. The maximum Gasteiger partial charge on any atom is 0.225 e. The molecule has 1 aliphatic rings. The predicted molar refractivity (Wildman–Crippen MR) is 62.6 cm³/mol. The van der Waals surface area contributed by atoms with Gasteiger partial charge < -0.3 is 4.90 Å². The molecule has 1 rings (SSSR count). The SMILES string of the molecule is CCN(CCCBr)C(=O)C(C)C1CC1. The van der Waals surface area contributed by atoms with Crippen molar-refractivity contribution in [3.63, 3.8) is 0 Å². The molecular weight excluding hydrogens is 242 g/mol. The third-order valence-corrected chi connectivity index (χ3v) is 3.53. The van der Waals surface area contributed by atoms with Crippen molar-refractivity contribution in [3.05, 3.63) is 0 Å². The maximum absolute atomic E-state index is 12.0. The van der Waals surface area contributed by atoms with Crippen molar-refractivity contribution in [2.45, 2.75) is 33.1 Å². The van der Waals surface area contributed by atoms with Crippen molar-refractivity contribution in [3.8, 4) is 0 Å². The molecule has 0 spiro atoms. The number of rotatable bonds is 6. The Morgan fingerprint density at radius 3 is 2.64 bits per heavy atom. The van der Waals surface area contributed by atoms with Gasteiger partial charge in [0.2, 0.25) is 5.91 Å². The van der Waals surface area contributed by atoms with Crippen LogP contribution in [-0.4, -0.2) is 29.2 Å². The highest BCUT2D eigenvalue weighted by molar-refractivity contribution is 9.09. The molecule has 0 aromatic carbocycles. The normalized spacial score (nSPS) is 17.9. The van der Waals surface area contributed by atoms with Gasteiger partial charge in [-0.2, -0.15) is 0 Å². The standard InChI is InChI=1S/C11H20BrNO/c1-3-13(8-4-7-12)11(14)9(2)10-5-6-10/h9-10H,3-8H2,1-2H3. The van der Waals surface area contributed by atoms with Crippen LogP contribution < -0.4 is 0 Å². The number of amides is 1. The summed E-state index contributed by atoms with van der Waals surface area (Å²) in [6.07, 6.45) is 3.56. The molecule has 1 saturated carbocycles. The van der Waals surface area contributed by atoms with Crippen LogP contribution in [0.2, 0.25) is 0 Å². The van der Waals surface area contributed by atoms with E-state index in [0.29, 0.717) is 11.8 Å². The number of hydrogen-bond acceptors (Lipinski definition) is 1. The minimum absolute atomic E-state index is 0.255. The highest BCUT2D eigenvalue weighted by atomic mass is 79.9. The van der Waals surface area contributed by atoms with Gasteiger partial charge in [-0.1, -0.05) is 22.9 Å². The van der Waals surface area contributed by atoms with Crippen LogP contribution in [0.15, 0.2) is 0 Å². The topological polar surface area (TPSA) is 20.3 Å². The second-order valence-electron chi connectivity index (χ2n) is 4.09. The van der Waals surface area contributed by atoms with Crippen molar-refractivity contribution >= 4 is 21.8 Å². The van der Waals surface area contributed by atoms with Crippen LogP contribution in [0, 0.1) is 11.8 Å². The fourth-order valence-corrected chi connectivity index (χ4v) is 2.01. The van der Waals surface area contributed by atoms with Crippen molar-refractivity contribution < 1.29 is 4.79 Å². The van der Waals surface area contributed by atoms with Crippen LogP contribution in [0.3, 0.4) is 0 Å². The van der Waals surface area contributed by atoms with Crippen molar-refractivity contribution in [2.75, 3.05) is 18.4 Å². The lowest BCUT2D eigenvalue weighted by atomic mass is 10.0. The lowest BCUT2D eigenvalue weighted by molar-refractivity contribution is -0.135. The summed E-state index contributed by atoms with van der Waals surface area (Å²) in [6, 6.07) is 0. The number of hydrogen-bond donors (Lipinski definition) is 0. The molecule has 1 atom stereocenters. The zero-order chi connectivity index (χ0) is 10.6. The number of carbonyl (C=O) groups excluding carboxylic acids is 1. The molecule has 0 aliphatic heterocycles. The summed E-state index contributed by atoms with van der Waals surface area (Å²) in [5.74, 6) is 1.29. The average molecular weight is 262 g/mol. The van der Waals surface area contributed by atoms with E-state index >= 15 is 0 Å². The van der Waals surface area contributed by atoms with Gasteiger partial charge in [-0.25, -0.2) is 0 Å². The first kappa shape index (κ1) is 12.0. The Kier molecular flexibility index (Phi) is 4.93. The average Bonchev–Trinajstić information content (AvgIpc) is 3.01. The minimum atomic E-state index is 0.255. The Balaban J connectivity index is 2.37. The second-order valence-corrected chi connectivity index (χ2v) is 4.88. The number of alkyl halides is 1. The molecular formula is C11H20BrNO. The van der Waals surface area contributed by atoms with Crippen LogP contribution in [0.5, 0.6) is 0 Å². The monoisotopic (exact) mass is 261 g/mol. The van der Waals surface area contributed by atoms with Crippen LogP contribution in [-0.2, 0) is 4.79 Å². The minimum Gasteiger partial charge on any atom is -0.343 e. The third-order valence-electron chi connectivity index (χ3n) is 2.97. The molecule has 1 aliphatic carbocycles. The van der Waals surface area contributed by atoms with Gasteiger partial charge in [-0.15, -0.1) is 0 Å². The Morgan fingerprint density at radius 2 is 2.21 bits per heavy atom. The molecule has 0 radical (unpaired) electrons. The van der Waals surface area contributed by atoms with Gasteiger partial charge in [-0.05, 0) is 32.1 Å². The van der Waals surface area contributed by atoms with Crippen molar-refractivity contribution in [1.82, 2.24) is 4.90 Å². The molecule has 2 nitrogen and oxygen atoms in total. The molecule has 14 heavy (non-hydrogen) atoms. The molecule has 3 heteroatoms. The Hall–Kier alpha value is -0.0500. The number of halogens is 1. The summed E-state index contributed by atoms with van der Waals surface area (Å²) in [7, 11) is 0. The van der Waals surface area contributed by atoms with E-state index in [1.807, 2.05) is 4.90 Å². The first-order valence-electron chi connectivity index (χ1n) is 5.55. The van der Waals surface area contributed by atoms with Gasteiger partial charge in [0.1, 0.15) is 0 Å². The van der Waals surface area contributed by atoms with Crippen LogP contribution in [0.25, 0.3) is 0 Å². The Morgan fingerprint density at radius 1 is 1.57 bits per heavy atom. The van der Waals surface area contributed by atoms with E-state index in [-0.39, 0.29) is 5.92 Å². The number of nitrogens with zero attached hydrogens (tertiary/aromatic N) is 1. The van der Waals surface area contributed by atoms with E-state index in [9.17, 15) is 4.79 Å². The molecule has 0 N–H and O–H groups in total. The summed E-state index contributed by atoms with van der Waals surface area (Å²) in [5, 5.41) is 0.981. The lowest BCUT2D eigenvalue weighted by Crippen LogP contribution is -2.36. The van der Waals surface area contributed by atoms with Gasteiger partial charge >= 0.3 is 0 Å². The largest absolute Gasteiger partial charge is 0.343 e. The quantitative estimate of drug-likeness (QED) is 0.674. The van der Waals surface area contributed by atoms with Crippen LogP contribution in [0.4, 0.5) is 0 Å². The molecule has 0 aromatic heterocycles. The molecule has 1 amide bonds. The molecule has 1 fully saturated rings. The molecule has 0 bridgehead atoms. The molecule has 82 valence electrons. The summed E-state index contributed by atoms with van der Waals surface area (Å²) in [6.45, 7) is 5.89. The second kappa shape index (κ2) is 5.74. The smallest absolute Gasteiger partial charge is 0.225 e. The lowest BCUT2D eigenvalue weighted by Gasteiger charge is -2.24. The van der Waals surface area contributed by atoms with E-state index in [2.05, 4.69) is 29.8 Å². The van der Waals surface area contributed by atoms with Gasteiger partial charge in [0.05, 0.1) is 0 Å². The van der Waals surface area contributed by atoms with Gasteiger partial charge in [-0.3, -0.25) is 4.79 Å². The van der Waals surface area contributed by atoms with Crippen LogP contribution in [0.1, 0.15) is 33.1 Å². The van der Waals surface area contributed by atoms with E-state index in [1.54, 1.807) is 0 Å². The first-order valence-corrected chi connectivity index (χ1v) is 6.67. The predicted octanol–water partition coefficient (Wildman–Crippen LogP) is 2.67. The summed E-state index contributed by atoms with van der Waals surface area (Å²) >= 11 is 3.40. The van der Waals surface area contributed by atoms with Crippen molar-refractivity contribution in [2.24, 2.45) is 11.8 Å². The summed E-state index contributed by atoms with van der Waals surface area (Å²) < 4.78 is 0. The van der Waals surface area contributed by atoms with E-state index in [1.165, 1.54) is 12.8 Å². The van der Waals surface area contributed by atoms with Crippen molar-refractivity contribution in [1.29, 1.82) is 0 Å². The highest BCUT2D eigenvalue weighted by Gasteiger charge is 2.34. The van der Waals surface area contributed by atoms with E-state index in [4.69, 9.17) is 0 Å². The maximum atomic E-state index is 12.0. The third kappa shape index (κ3) is 3.26. The molecule has 0 aromatic rings. The fraction of sp³-hybridized carbons (Fsp3) is 0.909. The van der Waals surface area contributed by atoms with E-state index in [0.717, 1.165) is 24.8 Å². The Labute approximate surface area is 95.2 Å². The zero-order valence-corrected chi connectivity index (χ0v) is 10.7. The van der Waals surface area contributed by atoms with Gasteiger partial charge in [0.15, 0.2) is 0 Å². The molecule has 0 heterocycles.